The highest BCUT2D eigenvalue weighted by atomic mass is 35.5. The molecule has 1 fully saturated rings. The number of sulfone groups is 1. The fraction of sp³-hybridized carbons (Fsp3) is 0.400. The summed E-state index contributed by atoms with van der Waals surface area (Å²) in [5, 5.41) is 10.5. The Kier molecular flexibility index (Phi) is 4.88. The molecule has 4 rings (SSSR count). The Bertz CT molecular complexity index is 1010. The molecule has 0 radical (unpaired) electrons. The molecule has 0 spiro atoms. The Morgan fingerprint density at radius 1 is 1.04 bits per heavy atom. The van der Waals surface area contributed by atoms with Crippen molar-refractivity contribution >= 4 is 21.4 Å². The number of fused-ring (bicyclic) bond motifs is 3. The number of hydrogen-bond acceptors (Lipinski definition) is 4. The Morgan fingerprint density at radius 3 is 2.43 bits per heavy atom. The zero-order valence-corrected chi connectivity index (χ0v) is 16.4. The zero-order chi connectivity index (χ0) is 20.1. The molecule has 0 aromatic heterocycles. The molecule has 2 aliphatic rings. The molecule has 150 valence electrons. The molecule has 3 atom stereocenters. The molecule has 0 amide bonds. The highest BCUT2D eigenvalue weighted by Gasteiger charge is 2.58. The quantitative estimate of drug-likeness (QED) is 0.777. The molecular formula is C20H19ClF2O4S. The van der Waals surface area contributed by atoms with Gasteiger partial charge in [0.15, 0.2) is 21.4 Å². The third-order valence-corrected chi connectivity index (χ3v) is 8.72. The van der Waals surface area contributed by atoms with Crippen LogP contribution in [0.15, 0.2) is 41.3 Å². The van der Waals surface area contributed by atoms with E-state index in [2.05, 4.69) is 0 Å². The van der Waals surface area contributed by atoms with E-state index in [0.717, 1.165) is 12.1 Å². The van der Waals surface area contributed by atoms with E-state index in [-0.39, 0.29) is 35.7 Å². The maximum absolute atomic E-state index is 15.0. The van der Waals surface area contributed by atoms with Crippen LogP contribution in [0.2, 0.25) is 5.02 Å². The van der Waals surface area contributed by atoms with Gasteiger partial charge in [-0.05, 0) is 62.1 Å². The van der Waals surface area contributed by atoms with Crippen LogP contribution in [0, 0.1) is 17.6 Å². The second-order valence-electron chi connectivity index (χ2n) is 7.36. The van der Waals surface area contributed by atoms with E-state index in [9.17, 15) is 17.9 Å². The van der Waals surface area contributed by atoms with E-state index in [1.165, 1.54) is 24.3 Å². The minimum absolute atomic E-state index is 0.0187. The monoisotopic (exact) mass is 428 g/mol. The van der Waals surface area contributed by atoms with Crippen LogP contribution in [0.5, 0.6) is 5.75 Å². The maximum Gasteiger partial charge on any atom is 0.188 e. The fourth-order valence-corrected chi connectivity index (χ4v) is 6.98. The van der Waals surface area contributed by atoms with Crippen LogP contribution in [0.25, 0.3) is 0 Å². The molecule has 2 aromatic rings. The van der Waals surface area contributed by atoms with Crippen LogP contribution in [-0.2, 0) is 14.6 Å². The van der Waals surface area contributed by atoms with Gasteiger partial charge in [-0.15, -0.1) is 0 Å². The van der Waals surface area contributed by atoms with Crippen molar-refractivity contribution in [2.45, 2.75) is 41.4 Å². The predicted molar refractivity (Wildman–Crippen MR) is 100 cm³/mol. The van der Waals surface area contributed by atoms with Gasteiger partial charge in [-0.2, -0.15) is 0 Å². The highest BCUT2D eigenvalue weighted by molar-refractivity contribution is 7.92. The summed E-state index contributed by atoms with van der Waals surface area (Å²) < 4.78 is 61.0. The van der Waals surface area contributed by atoms with Gasteiger partial charge in [0.1, 0.15) is 10.6 Å². The first kappa shape index (κ1) is 19.6. The molecule has 1 aliphatic heterocycles. The van der Waals surface area contributed by atoms with Crippen molar-refractivity contribution in [2.24, 2.45) is 5.92 Å². The molecule has 0 unspecified atom stereocenters. The van der Waals surface area contributed by atoms with Gasteiger partial charge in [0.2, 0.25) is 0 Å². The van der Waals surface area contributed by atoms with Crippen molar-refractivity contribution in [3.8, 4) is 5.75 Å². The summed E-state index contributed by atoms with van der Waals surface area (Å²) in [6, 6.07) is 7.51. The smallest absolute Gasteiger partial charge is 0.188 e. The lowest BCUT2D eigenvalue weighted by atomic mass is 9.79. The average molecular weight is 429 g/mol. The van der Waals surface area contributed by atoms with Gasteiger partial charge < -0.3 is 9.84 Å². The summed E-state index contributed by atoms with van der Waals surface area (Å²) >= 11 is 5.90. The molecule has 1 N–H and O–H groups in total. The molecule has 1 heterocycles. The normalized spacial score (nSPS) is 27.3. The number of halogens is 3. The molecule has 0 bridgehead atoms. The maximum atomic E-state index is 15.0. The lowest BCUT2D eigenvalue weighted by Gasteiger charge is -2.43. The Labute approximate surface area is 167 Å². The van der Waals surface area contributed by atoms with Gasteiger partial charge in [-0.1, -0.05) is 11.6 Å². The fourth-order valence-electron chi connectivity index (χ4n) is 4.47. The Balaban J connectivity index is 2.03. The van der Waals surface area contributed by atoms with E-state index in [1.807, 2.05) is 0 Å². The van der Waals surface area contributed by atoms with Crippen LogP contribution >= 0.6 is 11.6 Å². The Hall–Kier alpha value is -1.70. The van der Waals surface area contributed by atoms with E-state index in [4.69, 9.17) is 16.3 Å². The van der Waals surface area contributed by atoms with Gasteiger partial charge in [0.05, 0.1) is 23.2 Å². The number of aliphatic hydroxyl groups is 1. The number of hydrogen-bond donors (Lipinski definition) is 1. The van der Waals surface area contributed by atoms with Crippen molar-refractivity contribution in [3.05, 3.63) is 58.6 Å². The minimum atomic E-state index is -4.16. The predicted octanol–water partition coefficient (Wildman–Crippen LogP) is 4.23. The minimum Gasteiger partial charge on any atom is -0.490 e. The molecule has 8 heteroatoms. The van der Waals surface area contributed by atoms with E-state index in [1.54, 1.807) is 0 Å². The van der Waals surface area contributed by atoms with Crippen molar-refractivity contribution in [1.82, 2.24) is 0 Å². The van der Waals surface area contributed by atoms with E-state index in [0.29, 0.717) is 17.9 Å². The third-order valence-electron chi connectivity index (χ3n) is 5.87. The van der Waals surface area contributed by atoms with Crippen LogP contribution in [0.1, 0.15) is 31.2 Å². The van der Waals surface area contributed by atoms with Gasteiger partial charge in [0, 0.05) is 10.9 Å². The van der Waals surface area contributed by atoms with Crippen molar-refractivity contribution in [2.75, 3.05) is 6.61 Å². The van der Waals surface area contributed by atoms with Gasteiger partial charge in [-0.25, -0.2) is 17.2 Å². The first-order valence-electron chi connectivity index (χ1n) is 9.07. The summed E-state index contributed by atoms with van der Waals surface area (Å²) in [6.45, 7) is -0.0626. The molecule has 4 nitrogen and oxygen atoms in total. The largest absolute Gasteiger partial charge is 0.490 e. The van der Waals surface area contributed by atoms with Crippen LogP contribution in [0.3, 0.4) is 0 Å². The first-order valence-corrected chi connectivity index (χ1v) is 10.9. The first-order chi connectivity index (χ1) is 13.3. The topological polar surface area (TPSA) is 63.6 Å². The molecular weight excluding hydrogens is 410 g/mol. The summed E-state index contributed by atoms with van der Waals surface area (Å²) in [5.74, 6) is -2.60. The lowest BCUT2D eigenvalue weighted by Crippen LogP contribution is -2.48. The second-order valence-corrected chi connectivity index (χ2v) is 10.0. The molecule has 1 saturated carbocycles. The molecule has 2 aromatic carbocycles. The summed E-state index contributed by atoms with van der Waals surface area (Å²) in [7, 11) is -4.16. The summed E-state index contributed by atoms with van der Waals surface area (Å²) in [5.41, 5.74) is -0.271. The number of aliphatic hydroxyl groups excluding tert-OH is 1. The van der Waals surface area contributed by atoms with Crippen LogP contribution < -0.4 is 4.74 Å². The highest BCUT2D eigenvalue weighted by Crippen LogP contribution is 2.55. The molecule has 1 aliphatic carbocycles. The number of benzene rings is 2. The lowest BCUT2D eigenvalue weighted by molar-refractivity contribution is 0.147. The van der Waals surface area contributed by atoms with Crippen LogP contribution in [0.4, 0.5) is 8.78 Å². The third kappa shape index (κ3) is 2.83. The van der Waals surface area contributed by atoms with E-state index >= 15 is 4.39 Å². The molecule has 28 heavy (non-hydrogen) atoms. The van der Waals surface area contributed by atoms with Crippen molar-refractivity contribution in [3.63, 3.8) is 0 Å². The van der Waals surface area contributed by atoms with E-state index < -0.39 is 38.2 Å². The molecule has 0 saturated heterocycles. The summed E-state index contributed by atoms with van der Waals surface area (Å²) in [4.78, 5) is -0.0187. The zero-order valence-electron chi connectivity index (χ0n) is 14.9. The van der Waals surface area contributed by atoms with Crippen LogP contribution in [-0.4, -0.2) is 26.2 Å². The van der Waals surface area contributed by atoms with Gasteiger partial charge in [-0.3, -0.25) is 0 Å². The van der Waals surface area contributed by atoms with Crippen molar-refractivity contribution < 1.29 is 27.0 Å². The summed E-state index contributed by atoms with van der Waals surface area (Å²) in [6.07, 6.45) is 0.129. The number of ether oxygens (including phenoxy) is 1. The number of rotatable bonds is 2. The van der Waals surface area contributed by atoms with Gasteiger partial charge >= 0.3 is 0 Å². The standard InChI is InChI=1S/C20H19ClF2O4S/c21-13-2-5-15(6-3-13)28(25,26)20-10-9-14(24)4-1-12(20)11-27-19-17(23)8-7-16(22)18(19)20/h2-3,5-8,12,14,24H,1,4,9-11H2/t12-,14+,20+/m0/s1. The second kappa shape index (κ2) is 6.97. The average Bonchev–Trinajstić information content (AvgIpc) is 2.85. The van der Waals surface area contributed by atoms with Crippen molar-refractivity contribution in [1.29, 1.82) is 0 Å². The van der Waals surface area contributed by atoms with Gasteiger partial charge in [0.25, 0.3) is 0 Å². The Morgan fingerprint density at radius 2 is 1.71 bits per heavy atom. The SMILES string of the molecule is O=S(=O)(c1ccc(Cl)cc1)[C@]12CC[C@H](O)CC[C@H]1COc1c(F)ccc(F)c12.